The Morgan fingerprint density at radius 1 is 1.17 bits per heavy atom. The van der Waals surface area contributed by atoms with Crippen molar-refractivity contribution < 1.29 is 9.18 Å². The van der Waals surface area contributed by atoms with E-state index in [0.29, 0.717) is 5.69 Å². The second-order valence-corrected chi connectivity index (χ2v) is 7.08. The van der Waals surface area contributed by atoms with Gasteiger partial charge in [-0.05, 0) is 55.8 Å². The number of hydrogen-bond donors (Lipinski definition) is 2. The Hall–Kier alpha value is -2.70. The summed E-state index contributed by atoms with van der Waals surface area (Å²) in [5.41, 5.74) is 3.21. The van der Waals surface area contributed by atoms with E-state index in [0.717, 1.165) is 42.7 Å². The number of hydrogen-bond acceptors (Lipinski definition) is 3. The molecule has 2 heterocycles. The predicted octanol–water partition coefficient (Wildman–Crippen LogP) is 3.51. The number of aromatic nitrogens is 2. The highest BCUT2D eigenvalue weighted by Crippen LogP contribution is 2.24. The number of carbonyl (C=O) groups excluding carboxylic acids is 1. The lowest BCUT2D eigenvalue weighted by molar-refractivity contribution is -0.121. The molecule has 1 aromatic heterocycles. The molecule has 4 rings (SSSR count). The molecular formula is C22H24ClFN4O. The molecule has 1 unspecified atom stereocenters. The minimum atomic E-state index is -0.296. The summed E-state index contributed by atoms with van der Waals surface area (Å²) in [5, 5.41) is 11.1. The average Bonchev–Trinajstić information content (AvgIpc) is 3.13. The zero-order chi connectivity index (χ0) is 19.3. The molecule has 0 bridgehead atoms. The number of piperidine rings is 1. The van der Waals surface area contributed by atoms with Crippen LogP contribution in [0.25, 0.3) is 16.9 Å². The standard InChI is InChI=1S/C22H23FN4O.ClH/c23-18-10-8-16(9-11-18)22-17(13-21(28)25-19-5-4-12-24-14-19)15-27(26-22)20-6-2-1-3-7-20;/h1-3,6-11,15,19,24H,4-5,12-14H2,(H,25,28);1H. The first kappa shape index (κ1) is 21.0. The minimum absolute atomic E-state index is 0. The van der Waals surface area contributed by atoms with Gasteiger partial charge in [0.2, 0.25) is 5.91 Å². The third-order valence-electron chi connectivity index (χ3n) is 4.94. The number of para-hydroxylation sites is 1. The number of amides is 1. The van der Waals surface area contributed by atoms with Crippen molar-refractivity contribution >= 4 is 18.3 Å². The summed E-state index contributed by atoms with van der Waals surface area (Å²) < 4.78 is 15.1. The molecule has 152 valence electrons. The molecule has 1 fully saturated rings. The quantitative estimate of drug-likeness (QED) is 0.671. The molecule has 0 saturated carbocycles. The lowest BCUT2D eigenvalue weighted by Crippen LogP contribution is -2.46. The first-order chi connectivity index (χ1) is 13.7. The SMILES string of the molecule is Cl.O=C(Cc1cn(-c2ccccc2)nc1-c1ccc(F)cc1)NC1CCCNC1. The Labute approximate surface area is 175 Å². The molecule has 1 aliphatic heterocycles. The first-order valence-corrected chi connectivity index (χ1v) is 9.59. The zero-order valence-corrected chi connectivity index (χ0v) is 16.8. The summed E-state index contributed by atoms with van der Waals surface area (Å²) >= 11 is 0. The normalized spacial score (nSPS) is 16.1. The van der Waals surface area contributed by atoms with Crippen molar-refractivity contribution in [3.8, 4) is 16.9 Å². The molecule has 0 radical (unpaired) electrons. The Kier molecular flexibility index (Phi) is 7.01. The van der Waals surface area contributed by atoms with Gasteiger partial charge in [-0.15, -0.1) is 12.4 Å². The van der Waals surface area contributed by atoms with Gasteiger partial charge in [0, 0.05) is 29.9 Å². The highest BCUT2D eigenvalue weighted by molar-refractivity contribution is 5.85. The topological polar surface area (TPSA) is 59.0 Å². The van der Waals surface area contributed by atoms with Gasteiger partial charge in [0.1, 0.15) is 5.82 Å². The number of rotatable bonds is 5. The van der Waals surface area contributed by atoms with E-state index in [1.165, 1.54) is 12.1 Å². The van der Waals surface area contributed by atoms with Crippen molar-refractivity contribution in [2.24, 2.45) is 0 Å². The van der Waals surface area contributed by atoms with Gasteiger partial charge in [0.05, 0.1) is 17.8 Å². The largest absolute Gasteiger partial charge is 0.352 e. The summed E-state index contributed by atoms with van der Waals surface area (Å²) in [6, 6.07) is 16.1. The van der Waals surface area contributed by atoms with Gasteiger partial charge in [-0.2, -0.15) is 5.10 Å². The highest BCUT2D eigenvalue weighted by Gasteiger charge is 2.19. The maximum Gasteiger partial charge on any atom is 0.224 e. The molecule has 3 aromatic rings. The lowest BCUT2D eigenvalue weighted by atomic mass is 10.0. The van der Waals surface area contributed by atoms with Gasteiger partial charge in [-0.25, -0.2) is 9.07 Å². The van der Waals surface area contributed by atoms with Crippen LogP contribution in [-0.4, -0.2) is 34.8 Å². The van der Waals surface area contributed by atoms with E-state index in [4.69, 9.17) is 0 Å². The van der Waals surface area contributed by atoms with E-state index < -0.39 is 0 Å². The molecule has 0 aliphatic carbocycles. The third-order valence-corrected chi connectivity index (χ3v) is 4.94. The summed E-state index contributed by atoms with van der Waals surface area (Å²) in [6.07, 6.45) is 4.17. The molecule has 29 heavy (non-hydrogen) atoms. The maximum absolute atomic E-state index is 13.3. The van der Waals surface area contributed by atoms with Crippen LogP contribution < -0.4 is 10.6 Å². The van der Waals surface area contributed by atoms with Gasteiger partial charge in [-0.1, -0.05) is 18.2 Å². The van der Waals surface area contributed by atoms with E-state index in [1.54, 1.807) is 16.8 Å². The Bertz CT molecular complexity index is 937. The van der Waals surface area contributed by atoms with Crippen LogP contribution in [-0.2, 0) is 11.2 Å². The van der Waals surface area contributed by atoms with Crippen LogP contribution in [0.15, 0.2) is 60.8 Å². The molecule has 0 spiro atoms. The molecule has 2 N–H and O–H groups in total. The summed E-state index contributed by atoms with van der Waals surface area (Å²) in [6.45, 7) is 1.81. The van der Waals surface area contributed by atoms with Gasteiger partial charge in [0.25, 0.3) is 0 Å². The number of benzene rings is 2. The van der Waals surface area contributed by atoms with Crippen LogP contribution in [0.4, 0.5) is 4.39 Å². The lowest BCUT2D eigenvalue weighted by Gasteiger charge is -2.23. The molecule has 1 amide bonds. The molecule has 2 aromatic carbocycles. The van der Waals surface area contributed by atoms with Crippen LogP contribution >= 0.6 is 12.4 Å². The number of nitrogens with zero attached hydrogens (tertiary/aromatic N) is 2. The van der Waals surface area contributed by atoms with Crippen LogP contribution in [0.5, 0.6) is 0 Å². The number of halogens is 2. The monoisotopic (exact) mass is 414 g/mol. The first-order valence-electron chi connectivity index (χ1n) is 9.59. The van der Waals surface area contributed by atoms with Gasteiger partial charge < -0.3 is 10.6 Å². The minimum Gasteiger partial charge on any atom is -0.352 e. The van der Waals surface area contributed by atoms with Crippen LogP contribution in [0.2, 0.25) is 0 Å². The summed E-state index contributed by atoms with van der Waals surface area (Å²) in [4.78, 5) is 12.6. The van der Waals surface area contributed by atoms with E-state index in [9.17, 15) is 9.18 Å². The van der Waals surface area contributed by atoms with E-state index in [1.807, 2.05) is 36.5 Å². The second-order valence-electron chi connectivity index (χ2n) is 7.08. The Morgan fingerprint density at radius 2 is 1.93 bits per heavy atom. The van der Waals surface area contributed by atoms with Gasteiger partial charge in [0.15, 0.2) is 0 Å². The summed E-state index contributed by atoms with van der Waals surface area (Å²) in [7, 11) is 0. The maximum atomic E-state index is 13.3. The number of nitrogens with one attached hydrogen (secondary N) is 2. The van der Waals surface area contributed by atoms with Crippen molar-refractivity contribution in [1.82, 2.24) is 20.4 Å². The fourth-order valence-electron chi connectivity index (χ4n) is 3.53. The second kappa shape index (κ2) is 9.67. The molecule has 1 saturated heterocycles. The fraction of sp³-hybridized carbons (Fsp3) is 0.273. The van der Waals surface area contributed by atoms with Gasteiger partial charge >= 0.3 is 0 Å². The Balaban J connectivity index is 0.00000240. The van der Waals surface area contributed by atoms with Crippen LogP contribution in [0.3, 0.4) is 0 Å². The van der Waals surface area contributed by atoms with Crippen molar-refractivity contribution in [1.29, 1.82) is 0 Å². The number of carbonyl (C=O) groups is 1. The van der Waals surface area contributed by atoms with E-state index >= 15 is 0 Å². The smallest absolute Gasteiger partial charge is 0.224 e. The molecule has 7 heteroatoms. The molecule has 1 aliphatic rings. The Morgan fingerprint density at radius 3 is 2.62 bits per heavy atom. The molecule has 1 atom stereocenters. The van der Waals surface area contributed by atoms with E-state index in [-0.39, 0.29) is 36.6 Å². The zero-order valence-electron chi connectivity index (χ0n) is 16.0. The van der Waals surface area contributed by atoms with Crippen molar-refractivity contribution in [3.63, 3.8) is 0 Å². The fourth-order valence-corrected chi connectivity index (χ4v) is 3.53. The van der Waals surface area contributed by atoms with Crippen LogP contribution in [0, 0.1) is 5.82 Å². The molecule has 5 nitrogen and oxygen atoms in total. The predicted molar refractivity (Wildman–Crippen MR) is 114 cm³/mol. The third kappa shape index (κ3) is 5.22. The van der Waals surface area contributed by atoms with Crippen molar-refractivity contribution in [2.75, 3.05) is 13.1 Å². The molecular weight excluding hydrogens is 391 g/mol. The average molecular weight is 415 g/mol. The van der Waals surface area contributed by atoms with Crippen LogP contribution in [0.1, 0.15) is 18.4 Å². The van der Waals surface area contributed by atoms with Crippen molar-refractivity contribution in [2.45, 2.75) is 25.3 Å². The van der Waals surface area contributed by atoms with Gasteiger partial charge in [-0.3, -0.25) is 4.79 Å². The van der Waals surface area contributed by atoms with Crippen molar-refractivity contribution in [3.05, 3.63) is 72.2 Å². The highest BCUT2D eigenvalue weighted by atomic mass is 35.5. The van der Waals surface area contributed by atoms with E-state index in [2.05, 4.69) is 15.7 Å². The summed E-state index contributed by atoms with van der Waals surface area (Å²) in [5.74, 6) is -0.319.